The van der Waals surface area contributed by atoms with Crippen molar-refractivity contribution < 1.29 is 24.8 Å². The van der Waals surface area contributed by atoms with Crippen molar-refractivity contribution in [1.82, 2.24) is 0 Å². The molecule has 120 valence electrons. The van der Waals surface area contributed by atoms with Crippen LogP contribution in [0, 0.1) is 5.41 Å². The fourth-order valence-electron chi connectivity index (χ4n) is 1.75. The van der Waals surface area contributed by atoms with Crippen molar-refractivity contribution in [3.8, 4) is 0 Å². The van der Waals surface area contributed by atoms with E-state index in [0.717, 1.165) is 18.4 Å². The van der Waals surface area contributed by atoms with Gasteiger partial charge in [0.25, 0.3) is 0 Å². The van der Waals surface area contributed by atoms with E-state index in [1.807, 2.05) is 30.3 Å². The molecule has 0 aliphatic heterocycles. The van der Waals surface area contributed by atoms with Crippen LogP contribution < -0.4 is 0 Å². The topological polar surface area (TPSA) is 79.2 Å². The molecule has 0 unspecified atom stereocenters. The first-order chi connectivity index (χ1) is 10.3. The van der Waals surface area contributed by atoms with Crippen molar-refractivity contribution in [1.29, 1.82) is 0 Å². The van der Waals surface area contributed by atoms with Gasteiger partial charge in [0.05, 0.1) is 38.4 Å². The van der Waals surface area contributed by atoms with Gasteiger partial charge in [-0.15, -0.1) is 0 Å². The van der Waals surface area contributed by atoms with Crippen molar-refractivity contribution in [2.75, 3.05) is 39.6 Å². The average molecular weight is 298 g/mol. The van der Waals surface area contributed by atoms with Gasteiger partial charge in [0, 0.05) is 13.2 Å². The Morgan fingerprint density at radius 2 is 1.38 bits per heavy atom. The Morgan fingerprint density at radius 1 is 0.810 bits per heavy atom. The summed E-state index contributed by atoms with van der Waals surface area (Å²) in [6, 6.07) is 10.0. The molecule has 0 radical (unpaired) electrons. The van der Waals surface area contributed by atoms with E-state index in [9.17, 15) is 0 Å². The second-order valence-electron chi connectivity index (χ2n) is 5.27. The fourth-order valence-corrected chi connectivity index (χ4v) is 1.75. The van der Waals surface area contributed by atoms with Gasteiger partial charge in [0.1, 0.15) is 0 Å². The van der Waals surface area contributed by atoms with Crippen molar-refractivity contribution >= 4 is 0 Å². The number of hydrogen-bond acceptors (Lipinski definition) is 5. The normalized spacial score (nSPS) is 11.8. The van der Waals surface area contributed by atoms with Crippen LogP contribution in [0.25, 0.3) is 0 Å². The molecule has 0 saturated carbocycles. The van der Waals surface area contributed by atoms with E-state index in [1.165, 1.54) is 0 Å². The largest absolute Gasteiger partial charge is 0.396 e. The Kier molecular flexibility index (Phi) is 9.21. The quantitative estimate of drug-likeness (QED) is 0.501. The van der Waals surface area contributed by atoms with E-state index in [4.69, 9.17) is 24.8 Å². The Bertz CT molecular complexity index is 343. The third kappa shape index (κ3) is 7.02. The molecule has 0 aliphatic carbocycles. The number of benzene rings is 1. The van der Waals surface area contributed by atoms with Gasteiger partial charge < -0.3 is 24.8 Å². The molecule has 5 heteroatoms. The zero-order valence-electron chi connectivity index (χ0n) is 12.4. The molecule has 5 nitrogen and oxygen atoms in total. The van der Waals surface area contributed by atoms with Gasteiger partial charge in [-0.05, 0) is 18.4 Å². The van der Waals surface area contributed by atoms with Crippen LogP contribution in [0.2, 0.25) is 0 Å². The van der Waals surface area contributed by atoms with E-state index in [2.05, 4.69) is 0 Å². The van der Waals surface area contributed by atoms with E-state index in [-0.39, 0.29) is 26.4 Å². The summed E-state index contributed by atoms with van der Waals surface area (Å²) >= 11 is 0. The van der Waals surface area contributed by atoms with Crippen molar-refractivity contribution in [2.45, 2.75) is 19.4 Å². The van der Waals surface area contributed by atoms with Crippen LogP contribution in [-0.4, -0.2) is 55.0 Å². The van der Waals surface area contributed by atoms with Crippen LogP contribution in [0.3, 0.4) is 0 Å². The lowest BCUT2D eigenvalue weighted by atomic mass is 9.93. The van der Waals surface area contributed by atoms with Gasteiger partial charge >= 0.3 is 0 Å². The molecular weight excluding hydrogens is 272 g/mol. The molecule has 0 heterocycles. The van der Waals surface area contributed by atoms with Crippen LogP contribution in [-0.2, 0) is 16.1 Å². The molecule has 0 aromatic heterocycles. The van der Waals surface area contributed by atoms with Gasteiger partial charge in [-0.3, -0.25) is 0 Å². The third-order valence-corrected chi connectivity index (χ3v) is 3.35. The molecule has 0 aliphatic rings. The van der Waals surface area contributed by atoms with E-state index >= 15 is 0 Å². The smallest absolute Gasteiger partial charge is 0.0716 e. The lowest BCUT2D eigenvalue weighted by Gasteiger charge is -2.26. The summed E-state index contributed by atoms with van der Waals surface area (Å²) in [7, 11) is 0. The van der Waals surface area contributed by atoms with Gasteiger partial charge in [-0.1, -0.05) is 30.3 Å². The first-order valence-electron chi connectivity index (χ1n) is 7.28. The Hall–Kier alpha value is -0.980. The number of hydrogen-bond donors (Lipinski definition) is 3. The first-order valence-corrected chi connectivity index (χ1v) is 7.28. The molecule has 3 N–H and O–H groups in total. The van der Waals surface area contributed by atoms with E-state index in [1.54, 1.807) is 0 Å². The SMILES string of the molecule is OCC(CO)(CO)COCCCCOCc1ccccc1. The predicted octanol–water partition coefficient (Wildman–Crippen LogP) is 0.963. The van der Waals surface area contributed by atoms with Crippen LogP contribution >= 0.6 is 0 Å². The molecule has 0 atom stereocenters. The molecule has 0 saturated heterocycles. The number of rotatable bonds is 12. The Labute approximate surface area is 126 Å². The molecule has 1 aromatic rings. The highest BCUT2D eigenvalue weighted by atomic mass is 16.5. The minimum Gasteiger partial charge on any atom is -0.396 e. The maximum absolute atomic E-state index is 9.14. The zero-order chi connectivity index (χ0) is 15.4. The summed E-state index contributed by atoms with van der Waals surface area (Å²) in [5.41, 5.74) is 0.219. The zero-order valence-corrected chi connectivity index (χ0v) is 12.4. The predicted molar refractivity (Wildman–Crippen MR) is 79.8 cm³/mol. The maximum Gasteiger partial charge on any atom is 0.0716 e. The Balaban J connectivity index is 2.00. The van der Waals surface area contributed by atoms with Gasteiger partial charge in [0.15, 0.2) is 0 Å². The standard InChI is InChI=1S/C16H26O5/c17-11-16(12-18,13-19)14-21-9-5-4-8-20-10-15-6-2-1-3-7-15/h1-3,6-7,17-19H,4-5,8-14H2. The minimum atomic E-state index is -0.941. The maximum atomic E-state index is 9.14. The van der Waals surface area contributed by atoms with Crippen LogP contribution in [0.5, 0.6) is 0 Å². The highest BCUT2D eigenvalue weighted by Gasteiger charge is 2.28. The van der Waals surface area contributed by atoms with Gasteiger partial charge in [0.2, 0.25) is 0 Å². The van der Waals surface area contributed by atoms with E-state index < -0.39 is 5.41 Å². The number of unbranched alkanes of at least 4 members (excludes halogenated alkanes) is 1. The van der Waals surface area contributed by atoms with Crippen molar-refractivity contribution in [3.05, 3.63) is 35.9 Å². The molecule has 1 aromatic carbocycles. The first kappa shape index (κ1) is 18.1. The number of ether oxygens (including phenoxy) is 2. The fraction of sp³-hybridized carbons (Fsp3) is 0.625. The Morgan fingerprint density at radius 3 is 1.95 bits per heavy atom. The summed E-state index contributed by atoms with van der Waals surface area (Å²) in [5, 5.41) is 27.4. The third-order valence-electron chi connectivity index (χ3n) is 3.35. The summed E-state index contributed by atoms with van der Waals surface area (Å²) in [5.74, 6) is 0. The molecule has 0 spiro atoms. The lowest BCUT2D eigenvalue weighted by Crippen LogP contribution is -2.38. The minimum absolute atomic E-state index is 0.154. The second kappa shape index (κ2) is 10.7. The average Bonchev–Trinajstić information content (AvgIpc) is 2.55. The van der Waals surface area contributed by atoms with Crippen LogP contribution in [0.15, 0.2) is 30.3 Å². The van der Waals surface area contributed by atoms with Crippen LogP contribution in [0.1, 0.15) is 18.4 Å². The van der Waals surface area contributed by atoms with Gasteiger partial charge in [-0.25, -0.2) is 0 Å². The molecule has 0 bridgehead atoms. The molecule has 1 rings (SSSR count). The molecule has 21 heavy (non-hydrogen) atoms. The lowest BCUT2D eigenvalue weighted by molar-refractivity contribution is -0.0587. The molecule has 0 amide bonds. The number of aliphatic hydroxyl groups is 3. The summed E-state index contributed by atoms with van der Waals surface area (Å²) < 4.78 is 11.0. The highest BCUT2D eigenvalue weighted by molar-refractivity contribution is 5.13. The number of aliphatic hydroxyl groups excluding tert-OH is 3. The van der Waals surface area contributed by atoms with Crippen LogP contribution in [0.4, 0.5) is 0 Å². The monoisotopic (exact) mass is 298 g/mol. The molecular formula is C16H26O5. The van der Waals surface area contributed by atoms with Gasteiger partial charge in [-0.2, -0.15) is 0 Å². The second-order valence-corrected chi connectivity index (χ2v) is 5.27. The van der Waals surface area contributed by atoms with Crippen molar-refractivity contribution in [2.24, 2.45) is 5.41 Å². The highest BCUT2D eigenvalue weighted by Crippen LogP contribution is 2.15. The summed E-state index contributed by atoms with van der Waals surface area (Å²) in [6.45, 7) is 1.09. The summed E-state index contributed by atoms with van der Waals surface area (Å²) in [6.07, 6.45) is 1.73. The van der Waals surface area contributed by atoms with Crippen molar-refractivity contribution in [3.63, 3.8) is 0 Å². The summed E-state index contributed by atoms with van der Waals surface area (Å²) in [4.78, 5) is 0. The molecule has 0 fully saturated rings. The van der Waals surface area contributed by atoms with E-state index in [0.29, 0.717) is 19.8 Å².